The molecule has 0 rings (SSSR count). The number of aliphatic carboxylic acids is 1. The molecule has 60 valence electrons. The fraction of sp³-hybridized carbons (Fsp3) is 0. The van der Waals surface area contributed by atoms with Gasteiger partial charge in [0, 0.05) is 0 Å². The predicted octanol–water partition coefficient (Wildman–Crippen LogP) is 2.17. The van der Waals surface area contributed by atoms with Gasteiger partial charge in [-0.1, -0.05) is 25.3 Å². The number of hydrogen-bond donors (Lipinski definition) is 1. The molecule has 0 amide bonds. The highest BCUT2D eigenvalue weighted by atomic mass is 16.4. The van der Waals surface area contributed by atoms with Crippen LogP contribution in [0.2, 0.25) is 0 Å². The highest BCUT2D eigenvalue weighted by molar-refractivity contribution is 5.89. The molecule has 0 fully saturated rings. The van der Waals surface area contributed by atoms with Gasteiger partial charge in [-0.3, -0.25) is 0 Å². The molecule has 0 radical (unpaired) electrons. The van der Waals surface area contributed by atoms with Crippen LogP contribution in [0.15, 0.2) is 50.1 Å². The molecule has 0 saturated carbocycles. The number of allylic oxidation sites excluding steroid dienone is 2. The summed E-state index contributed by atoms with van der Waals surface area (Å²) in [6.45, 7) is 12.6. The zero-order valence-corrected chi connectivity index (χ0v) is 6.42. The van der Waals surface area contributed by atoms with Gasteiger partial charge in [0.1, 0.15) is 0 Å². The maximum Gasteiger partial charge on any atom is 0.335 e. The summed E-state index contributed by atoms with van der Waals surface area (Å²) in [6, 6.07) is 0. The van der Waals surface area contributed by atoms with Crippen LogP contribution in [0, 0.1) is 0 Å². The molecule has 0 unspecified atom stereocenters. The van der Waals surface area contributed by atoms with E-state index in [9.17, 15) is 4.79 Å². The second-order valence-corrected chi connectivity index (χ2v) is 1.37. The third-order valence-electron chi connectivity index (χ3n) is 0.764. The predicted molar refractivity (Wildman–Crippen MR) is 47.4 cm³/mol. The Bertz CT molecular complexity index is 178. The fourth-order valence-corrected chi connectivity index (χ4v) is 0.354. The van der Waals surface area contributed by atoms with E-state index in [1.54, 1.807) is 0 Å². The van der Waals surface area contributed by atoms with Crippen molar-refractivity contribution in [2.75, 3.05) is 0 Å². The minimum atomic E-state index is -0.982. The van der Waals surface area contributed by atoms with Gasteiger partial charge < -0.3 is 5.11 Å². The van der Waals surface area contributed by atoms with E-state index in [1.165, 1.54) is 18.2 Å². The van der Waals surface area contributed by atoms with E-state index < -0.39 is 5.97 Å². The standard InChI is InChI=1S/C7H8O2.C2H4/c1-3-5-6(4-2)7(8)9;1-2/h3-5H,1-2H2,(H,8,9);1-2H2/b6-5+;. The molecule has 0 spiro atoms. The molecule has 11 heavy (non-hydrogen) atoms. The van der Waals surface area contributed by atoms with Gasteiger partial charge in [0.25, 0.3) is 0 Å². The summed E-state index contributed by atoms with van der Waals surface area (Å²) >= 11 is 0. The Morgan fingerprint density at radius 1 is 1.27 bits per heavy atom. The van der Waals surface area contributed by atoms with E-state index in [2.05, 4.69) is 26.3 Å². The van der Waals surface area contributed by atoms with Crippen molar-refractivity contribution in [3.05, 3.63) is 50.1 Å². The summed E-state index contributed by atoms with van der Waals surface area (Å²) in [5, 5.41) is 8.32. The van der Waals surface area contributed by atoms with Crippen molar-refractivity contribution < 1.29 is 9.90 Å². The van der Waals surface area contributed by atoms with Gasteiger partial charge in [0.15, 0.2) is 0 Å². The van der Waals surface area contributed by atoms with E-state index in [4.69, 9.17) is 5.11 Å². The van der Waals surface area contributed by atoms with Gasteiger partial charge in [-0.25, -0.2) is 4.79 Å². The van der Waals surface area contributed by atoms with Crippen LogP contribution < -0.4 is 0 Å². The summed E-state index contributed by atoms with van der Waals surface area (Å²) in [4.78, 5) is 10.1. The average molecular weight is 152 g/mol. The normalized spacial score (nSPS) is 8.91. The van der Waals surface area contributed by atoms with Crippen molar-refractivity contribution in [3.63, 3.8) is 0 Å². The van der Waals surface area contributed by atoms with Crippen molar-refractivity contribution in [2.24, 2.45) is 0 Å². The molecule has 0 heterocycles. The Hall–Kier alpha value is -1.57. The molecule has 1 N–H and O–H groups in total. The van der Waals surface area contributed by atoms with Gasteiger partial charge >= 0.3 is 5.97 Å². The zero-order valence-electron chi connectivity index (χ0n) is 6.42. The lowest BCUT2D eigenvalue weighted by molar-refractivity contribution is -0.132. The molecule has 2 nitrogen and oxygen atoms in total. The van der Waals surface area contributed by atoms with Crippen molar-refractivity contribution >= 4 is 5.97 Å². The van der Waals surface area contributed by atoms with Crippen molar-refractivity contribution in [1.82, 2.24) is 0 Å². The number of rotatable bonds is 3. The van der Waals surface area contributed by atoms with Gasteiger partial charge in [-0.15, -0.1) is 13.2 Å². The van der Waals surface area contributed by atoms with Gasteiger partial charge in [0.05, 0.1) is 5.57 Å². The molecule has 2 heteroatoms. The minimum absolute atomic E-state index is 0.157. The SMILES string of the molecule is C=C.C=C/C=C(\C=C)C(=O)O. The fourth-order valence-electron chi connectivity index (χ4n) is 0.354. The topological polar surface area (TPSA) is 37.3 Å². The Kier molecular flexibility index (Phi) is 9.30. The molecule has 0 aromatic heterocycles. The van der Waals surface area contributed by atoms with E-state index in [-0.39, 0.29) is 5.57 Å². The molecule has 0 aromatic rings. The van der Waals surface area contributed by atoms with E-state index in [1.807, 2.05) is 0 Å². The van der Waals surface area contributed by atoms with E-state index >= 15 is 0 Å². The molecular weight excluding hydrogens is 140 g/mol. The molecule has 0 aliphatic heterocycles. The third-order valence-corrected chi connectivity index (χ3v) is 0.764. The summed E-state index contributed by atoms with van der Waals surface area (Å²) in [6.07, 6.45) is 4.06. The smallest absolute Gasteiger partial charge is 0.335 e. The van der Waals surface area contributed by atoms with Gasteiger partial charge in [-0.2, -0.15) is 0 Å². The largest absolute Gasteiger partial charge is 0.478 e. The molecule has 0 atom stereocenters. The minimum Gasteiger partial charge on any atom is -0.478 e. The summed E-state index contributed by atoms with van der Waals surface area (Å²) in [5.41, 5.74) is 0.157. The summed E-state index contributed by atoms with van der Waals surface area (Å²) in [7, 11) is 0. The van der Waals surface area contributed by atoms with Gasteiger partial charge in [0.2, 0.25) is 0 Å². The highest BCUT2D eigenvalue weighted by Crippen LogP contribution is 1.94. The van der Waals surface area contributed by atoms with Gasteiger partial charge in [-0.05, 0) is 6.08 Å². The first-order valence-corrected chi connectivity index (χ1v) is 2.90. The van der Waals surface area contributed by atoms with E-state index in [0.717, 1.165) is 0 Å². The lowest BCUT2D eigenvalue weighted by Gasteiger charge is -1.87. The Balaban J connectivity index is 0. The Morgan fingerprint density at radius 3 is 1.82 bits per heavy atom. The van der Waals surface area contributed by atoms with Crippen molar-refractivity contribution in [1.29, 1.82) is 0 Å². The second kappa shape index (κ2) is 8.43. The molecule has 0 aliphatic rings. The van der Waals surface area contributed by atoms with Crippen LogP contribution in [0.4, 0.5) is 0 Å². The quantitative estimate of drug-likeness (QED) is 0.382. The maximum absolute atomic E-state index is 10.1. The summed E-state index contributed by atoms with van der Waals surface area (Å²) < 4.78 is 0. The Labute approximate surface area is 66.9 Å². The highest BCUT2D eigenvalue weighted by Gasteiger charge is 1.97. The van der Waals surface area contributed by atoms with Crippen LogP contribution >= 0.6 is 0 Å². The lowest BCUT2D eigenvalue weighted by atomic mass is 10.2. The van der Waals surface area contributed by atoms with E-state index in [0.29, 0.717) is 0 Å². The van der Waals surface area contributed by atoms with Crippen molar-refractivity contribution in [3.8, 4) is 0 Å². The molecule has 0 bridgehead atoms. The van der Waals surface area contributed by atoms with Crippen LogP contribution in [-0.4, -0.2) is 11.1 Å². The summed E-state index contributed by atoms with van der Waals surface area (Å²) in [5.74, 6) is -0.982. The van der Waals surface area contributed by atoms with Crippen LogP contribution in [-0.2, 0) is 4.79 Å². The average Bonchev–Trinajstić information content (AvgIpc) is 2.03. The molecular formula is C9H12O2. The van der Waals surface area contributed by atoms with Crippen LogP contribution in [0.5, 0.6) is 0 Å². The zero-order chi connectivity index (χ0) is 9.28. The van der Waals surface area contributed by atoms with Crippen LogP contribution in [0.3, 0.4) is 0 Å². The van der Waals surface area contributed by atoms with Crippen LogP contribution in [0.1, 0.15) is 0 Å². The second-order valence-electron chi connectivity index (χ2n) is 1.37. The first-order valence-electron chi connectivity index (χ1n) is 2.90. The van der Waals surface area contributed by atoms with Crippen LogP contribution in [0.25, 0.3) is 0 Å². The monoisotopic (exact) mass is 152 g/mol. The first kappa shape index (κ1) is 12.1. The molecule has 0 saturated heterocycles. The molecule has 0 aliphatic carbocycles. The lowest BCUT2D eigenvalue weighted by Crippen LogP contribution is -1.95. The number of carboxylic acids is 1. The first-order chi connectivity index (χ1) is 5.22. The number of hydrogen-bond acceptors (Lipinski definition) is 1. The Morgan fingerprint density at radius 2 is 1.73 bits per heavy atom. The number of carbonyl (C=O) groups is 1. The number of carboxylic acid groups (broad SMARTS) is 1. The van der Waals surface area contributed by atoms with Crippen molar-refractivity contribution in [2.45, 2.75) is 0 Å². The molecule has 0 aromatic carbocycles. The maximum atomic E-state index is 10.1. The third kappa shape index (κ3) is 6.31.